The van der Waals surface area contributed by atoms with Crippen molar-refractivity contribution in [2.24, 2.45) is 5.92 Å². The van der Waals surface area contributed by atoms with Crippen LogP contribution >= 0.6 is 11.8 Å². The maximum absolute atomic E-state index is 11.6. The van der Waals surface area contributed by atoms with Gasteiger partial charge in [0.15, 0.2) is 0 Å². The maximum atomic E-state index is 11.6. The topological polar surface area (TPSA) is 46.5 Å². The van der Waals surface area contributed by atoms with Crippen molar-refractivity contribution in [3.63, 3.8) is 0 Å². The van der Waals surface area contributed by atoms with E-state index in [0.717, 1.165) is 12.2 Å². The second-order valence-corrected chi connectivity index (χ2v) is 5.94. The molecule has 1 heterocycles. The van der Waals surface area contributed by atoms with Crippen LogP contribution in [-0.4, -0.2) is 34.3 Å². The molecule has 0 aromatic carbocycles. The van der Waals surface area contributed by atoms with Gasteiger partial charge in [0.25, 0.3) is 0 Å². The molecule has 82 valence electrons. The lowest BCUT2D eigenvalue weighted by Gasteiger charge is -2.21. The van der Waals surface area contributed by atoms with Gasteiger partial charge in [0.1, 0.15) is 5.60 Å². The summed E-state index contributed by atoms with van der Waals surface area (Å²) in [4.78, 5) is 11.6. The van der Waals surface area contributed by atoms with E-state index >= 15 is 0 Å². The van der Waals surface area contributed by atoms with E-state index < -0.39 is 5.60 Å². The van der Waals surface area contributed by atoms with Gasteiger partial charge in [0.05, 0.1) is 12.5 Å². The molecule has 1 aliphatic rings. The molecule has 1 N–H and O–H groups in total. The summed E-state index contributed by atoms with van der Waals surface area (Å²) in [6.07, 6.45) is 0.746. The molecule has 0 bridgehead atoms. The van der Waals surface area contributed by atoms with Crippen LogP contribution in [0.15, 0.2) is 0 Å². The van der Waals surface area contributed by atoms with E-state index in [0.29, 0.717) is 0 Å². The maximum Gasteiger partial charge on any atom is 0.310 e. The second-order valence-electron chi connectivity index (χ2n) is 4.60. The summed E-state index contributed by atoms with van der Waals surface area (Å²) in [7, 11) is 0. The average Bonchev–Trinajstić information content (AvgIpc) is 2.48. The Morgan fingerprint density at radius 1 is 1.57 bits per heavy atom. The van der Waals surface area contributed by atoms with E-state index in [1.165, 1.54) is 0 Å². The van der Waals surface area contributed by atoms with E-state index in [-0.39, 0.29) is 23.7 Å². The fourth-order valence-corrected chi connectivity index (χ4v) is 2.63. The van der Waals surface area contributed by atoms with Gasteiger partial charge in [-0.2, -0.15) is 11.8 Å². The highest BCUT2D eigenvalue weighted by atomic mass is 32.2. The van der Waals surface area contributed by atoms with Gasteiger partial charge in [-0.1, -0.05) is 0 Å². The van der Waals surface area contributed by atoms with E-state index in [1.54, 1.807) is 11.8 Å². The van der Waals surface area contributed by atoms with Crippen LogP contribution in [0.1, 0.15) is 27.2 Å². The van der Waals surface area contributed by atoms with Gasteiger partial charge >= 0.3 is 5.97 Å². The number of hydrogen-bond donors (Lipinski definition) is 1. The Bertz CT molecular complexity index is 210. The minimum absolute atomic E-state index is 0.0311. The number of esters is 1. The largest absolute Gasteiger partial charge is 0.460 e. The molecular formula is C10H18O3S. The van der Waals surface area contributed by atoms with Gasteiger partial charge in [0, 0.05) is 11.0 Å². The number of carbonyl (C=O) groups is 1. The third-order valence-corrected chi connectivity index (χ3v) is 3.43. The van der Waals surface area contributed by atoms with Crippen LogP contribution in [0.5, 0.6) is 0 Å². The minimum atomic E-state index is -0.404. The molecule has 0 unspecified atom stereocenters. The molecule has 0 aromatic rings. The first kappa shape index (κ1) is 11.9. The van der Waals surface area contributed by atoms with Gasteiger partial charge in [-0.15, -0.1) is 0 Å². The van der Waals surface area contributed by atoms with Gasteiger partial charge in [-0.05, 0) is 27.2 Å². The Balaban J connectivity index is 2.40. The molecule has 1 aliphatic heterocycles. The van der Waals surface area contributed by atoms with E-state index in [2.05, 4.69) is 0 Å². The zero-order valence-corrected chi connectivity index (χ0v) is 9.76. The van der Waals surface area contributed by atoms with Crippen molar-refractivity contribution in [1.82, 2.24) is 0 Å². The number of carbonyl (C=O) groups excluding carboxylic acids is 1. The predicted molar refractivity (Wildman–Crippen MR) is 57.3 cm³/mol. The molecular weight excluding hydrogens is 200 g/mol. The minimum Gasteiger partial charge on any atom is -0.460 e. The Hall–Kier alpha value is -0.220. The standard InChI is InChI=1S/C10H18O3S/c1-10(2,3)13-9(12)7-4-8(5-11)14-6-7/h7-8,11H,4-6H2,1-3H3/t7-,8+/m0/s1. The Morgan fingerprint density at radius 2 is 2.21 bits per heavy atom. The van der Waals surface area contributed by atoms with Crippen molar-refractivity contribution in [1.29, 1.82) is 0 Å². The molecule has 14 heavy (non-hydrogen) atoms. The number of aliphatic hydroxyl groups excluding tert-OH is 1. The second kappa shape index (κ2) is 4.53. The highest BCUT2D eigenvalue weighted by molar-refractivity contribution is 8.00. The Labute approximate surface area is 89.2 Å². The molecule has 0 spiro atoms. The van der Waals surface area contributed by atoms with Crippen LogP contribution in [-0.2, 0) is 9.53 Å². The average molecular weight is 218 g/mol. The number of rotatable bonds is 2. The van der Waals surface area contributed by atoms with Gasteiger partial charge in [-0.3, -0.25) is 4.79 Å². The molecule has 3 nitrogen and oxygen atoms in total. The molecule has 0 saturated carbocycles. The highest BCUT2D eigenvalue weighted by Crippen LogP contribution is 2.32. The van der Waals surface area contributed by atoms with Crippen LogP contribution in [0.3, 0.4) is 0 Å². The van der Waals surface area contributed by atoms with Crippen molar-refractivity contribution in [2.45, 2.75) is 38.0 Å². The molecule has 1 saturated heterocycles. The molecule has 2 atom stereocenters. The number of thioether (sulfide) groups is 1. The first-order valence-corrected chi connectivity index (χ1v) is 5.92. The SMILES string of the molecule is CC(C)(C)OC(=O)[C@@H]1CS[C@@H](CO)C1. The normalized spacial score (nSPS) is 27.7. The lowest BCUT2D eigenvalue weighted by atomic mass is 10.1. The van der Waals surface area contributed by atoms with Crippen molar-refractivity contribution in [3.05, 3.63) is 0 Å². The van der Waals surface area contributed by atoms with Crippen LogP contribution in [0.2, 0.25) is 0 Å². The van der Waals surface area contributed by atoms with Gasteiger partial charge < -0.3 is 9.84 Å². The summed E-state index contributed by atoms with van der Waals surface area (Å²) in [6.45, 7) is 5.77. The van der Waals surface area contributed by atoms with E-state index in [1.807, 2.05) is 20.8 Å². The van der Waals surface area contributed by atoms with Crippen molar-refractivity contribution < 1.29 is 14.6 Å². The first-order valence-electron chi connectivity index (χ1n) is 4.87. The monoisotopic (exact) mass is 218 g/mol. The summed E-state index contributed by atoms with van der Waals surface area (Å²) >= 11 is 1.65. The Morgan fingerprint density at radius 3 is 2.64 bits per heavy atom. The van der Waals surface area contributed by atoms with Gasteiger partial charge in [-0.25, -0.2) is 0 Å². The zero-order valence-electron chi connectivity index (χ0n) is 8.95. The van der Waals surface area contributed by atoms with Gasteiger partial charge in [0.2, 0.25) is 0 Å². The summed E-state index contributed by atoms with van der Waals surface area (Å²) in [5.41, 5.74) is -0.404. The van der Waals surface area contributed by atoms with Crippen molar-refractivity contribution in [2.75, 3.05) is 12.4 Å². The third-order valence-electron chi connectivity index (χ3n) is 2.02. The van der Waals surface area contributed by atoms with Crippen LogP contribution in [0, 0.1) is 5.92 Å². The quantitative estimate of drug-likeness (QED) is 0.712. The highest BCUT2D eigenvalue weighted by Gasteiger charge is 2.33. The summed E-state index contributed by atoms with van der Waals surface area (Å²) in [6, 6.07) is 0. The first-order chi connectivity index (χ1) is 6.42. The van der Waals surface area contributed by atoms with Crippen molar-refractivity contribution >= 4 is 17.7 Å². The summed E-state index contributed by atoms with van der Waals surface area (Å²) in [5.74, 6) is 0.623. The summed E-state index contributed by atoms with van der Waals surface area (Å²) in [5, 5.41) is 9.14. The zero-order chi connectivity index (χ0) is 10.8. The third kappa shape index (κ3) is 3.50. The van der Waals surface area contributed by atoms with Crippen LogP contribution in [0.4, 0.5) is 0 Å². The summed E-state index contributed by atoms with van der Waals surface area (Å²) < 4.78 is 5.28. The lowest BCUT2D eigenvalue weighted by molar-refractivity contribution is -0.159. The molecule has 1 fully saturated rings. The Kier molecular flexibility index (Phi) is 3.84. The van der Waals surface area contributed by atoms with Crippen LogP contribution < -0.4 is 0 Å². The number of aliphatic hydroxyl groups is 1. The fourth-order valence-electron chi connectivity index (χ4n) is 1.38. The van der Waals surface area contributed by atoms with E-state index in [4.69, 9.17) is 9.84 Å². The molecule has 0 aliphatic carbocycles. The lowest BCUT2D eigenvalue weighted by Crippen LogP contribution is -2.29. The number of hydrogen-bond acceptors (Lipinski definition) is 4. The molecule has 0 amide bonds. The van der Waals surface area contributed by atoms with E-state index in [9.17, 15) is 4.79 Å². The predicted octanol–water partition coefficient (Wildman–Crippen LogP) is 1.44. The number of ether oxygens (including phenoxy) is 1. The molecule has 4 heteroatoms. The fraction of sp³-hybridized carbons (Fsp3) is 0.900. The van der Waals surface area contributed by atoms with Crippen molar-refractivity contribution in [3.8, 4) is 0 Å². The van der Waals surface area contributed by atoms with Crippen LogP contribution in [0.25, 0.3) is 0 Å². The molecule has 1 rings (SSSR count). The molecule has 0 aromatic heterocycles. The molecule has 0 radical (unpaired) electrons. The smallest absolute Gasteiger partial charge is 0.310 e.